The van der Waals surface area contributed by atoms with Crippen LogP contribution < -0.4 is 0 Å². The van der Waals surface area contributed by atoms with Crippen molar-refractivity contribution in [1.29, 1.82) is 0 Å². The molecule has 0 spiro atoms. The molecule has 1 saturated heterocycles. The summed E-state index contributed by atoms with van der Waals surface area (Å²) in [7, 11) is -0.880. The first-order valence-electron chi connectivity index (χ1n) is 12.1. The number of hydrogen-bond donors (Lipinski definition) is 3. The standard InChI is InChI=1S/C24H24F3N7O6S/c1-32(2)41(38,39)14-5-3-13(4-6-14)33-11-28-30-24(33)23-22(37)20(21(36)18(10-35)40-23)34-9-17(29-31-34)12-7-15(25)19(27)16(26)8-12/h3-9,11,18,20-23,35-37H,10H2,1-2H3/t18-,20+,21+,22-,23-/m1/s1. The summed E-state index contributed by atoms with van der Waals surface area (Å²) in [5, 5.41) is 47.8. The first-order valence-corrected chi connectivity index (χ1v) is 13.5. The number of ether oxygens (including phenoxy) is 1. The Kier molecular flexibility index (Phi) is 7.66. The third-order valence-corrected chi connectivity index (χ3v) is 8.54. The Hall–Kier alpha value is -3.74. The summed E-state index contributed by atoms with van der Waals surface area (Å²) in [4.78, 5) is 0.0428. The lowest BCUT2D eigenvalue weighted by atomic mass is 9.92. The molecular weight excluding hydrogens is 571 g/mol. The van der Waals surface area contributed by atoms with Gasteiger partial charge in [0, 0.05) is 25.3 Å². The maximum Gasteiger partial charge on any atom is 0.242 e. The van der Waals surface area contributed by atoms with E-state index in [1.54, 1.807) is 0 Å². The Bertz CT molecular complexity index is 1640. The molecule has 0 unspecified atom stereocenters. The van der Waals surface area contributed by atoms with E-state index in [2.05, 4.69) is 20.5 Å². The minimum absolute atomic E-state index is 0.0428. The first-order chi connectivity index (χ1) is 19.4. The molecule has 0 amide bonds. The Morgan fingerprint density at radius 3 is 2.29 bits per heavy atom. The fourth-order valence-corrected chi connectivity index (χ4v) is 5.41. The minimum Gasteiger partial charge on any atom is -0.394 e. The molecule has 218 valence electrons. The van der Waals surface area contributed by atoms with Crippen LogP contribution in [0.3, 0.4) is 0 Å². The molecule has 1 fully saturated rings. The van der Waals surface area contributed by atoms with E-state index < -0.39 is 64.5 Å². The third-order valence-electron chi connectivity index (χ3n) is 6.71. The molecule has 4 aromatic rings. The second-order valence-corrected chi connectivity index (χ2v) is 11.6. The van der Waals surface area contributed by atoms with Crippen LogP contribution in [0.1, 0.15) is 18.0 Å². The van der Waals surface area contributed by atoms with E-state index in [4.69, 9.17) is 4.74 Å². The maximum absolute atomic E-state index is 13.8. The minimum atomic E-state index is -3.68. The molecule has 3 heterocycles. The van der Waals surface area contributed by atoms with E-state index in [1.165, 1.54) is 55.5 Å². The molecule has 2 aromatic carbocycles. The zero-order valence-corrected chi connectivity index (χ0v) is 22.3. The second-order valence-electron chi connectivity index (χ2n) is 9.43. The zero-order valence-electron chi connectivity index (χ0n) is 21.5. The Balaban J connectivity index is 1.49. The van der Waals surface area contributed by atoms with Crippen molar-refractivity contribution in [2.45, 2.75) is 35.4 Å². The van der Waals surface area contributed by atoms with Crippen molar-refractivity contribution in [1.82, 2.24) is 34.1 Å². The third kappa shape index (κ3) is 5.11. The van der Waals surface area contributed by atoms with Gasteiger partial charge in [-0.05, 0) is 36.4 Å². The Morgan fingerprint density at radius 1 is 1.02 bits per heavy atom. The van der Waals surface area contributed by atoms with Gasteiger partial charge in [0.1, 0.15) is 42.5 Å². The van der Waals surface area contributed by atoms with Gasteiger partial charge in [0.25, 0.3) is 0 Å². The molecule has 17 heteroatoms. The molecule has 5 atom stereocenters. The van der Waals surface area contributed by atoms with Gasteiger partial charge in [-0.15, -0.1) is 15.3 Å². The van der Waals surface area contributed by atoms with Crippen LogP contribution in [0.5, 0.6) is 0 Å². The topological polar surface area (TPSA) is 169 Å². The summed E-state index contributed by atoms with van der Waals surface area (Å²) in [5.41, 5.74) is 0.199. The Labute approximate surface area is 231 Å². The van der Waals surface area contributed by atoms with Crippen LogP contribution in [0.25, 0.3) is 16.9 Å². The van der Waals surface area contributed by atoms with Gasteiger partial charge in [-0.3, -0.25) is 4.57 Å². The van der Waals surface area contributed by atoms with Gasteiger partial charge in [0.05, 0.1) is 17.7 Å². The fourth-order valence-electron chi connectivity index (χ4n) is 4.51. The summed E-state index contributed by atoms with van der Waals surface area (Å²) in [6, 6.07) is 5.92. The molecule has 0 radical (unpaired) electrons. The number of rotatable bonds is 7. The van der Waals surface area contributed by atoms with Gasteiger partial charge in [0.2, 0.25) is 10.0 Å². The van der Waals surface area contributed by atoms with Crippen LogP contribution in [-0.2, 0) is 14.8 Å². The number of sulfonamides is 1. The van der Waals surface area contributed by atoms with Crippen molar-refractivity contribution < 1.29 is 41.6 Å². The van der Waals surface area contributed by atoms with E-state index in [-0.39, 0.29) is 22.0 Å². The molecule has 1 aliphatic rings. The number of benzene rings is 2. The molecule has 0 aliphatic carbocycles. The lowest BCUT2D eigenvalue weighted by molar-refractivity contribution is -0.210. The van der Waals surface area contributed by atoms with E-state index in [0.717, 1.165) is 21.1 Å². The smallest absolute Gasteiger partial charge is 0.242 e. The van der Waals surface area contributed by atoms with E-state index in [1.807, 2.05) is 0 Å². The number of aliphatic hydroxyl groups is 3. The zero-order chi connectivity index (χ0) is 29.6. The molecule has 3 N–H and O–H groups in total. The van der Waals surface area contributed by atoms with Crippen LogP contribution in [0.15, 0.2) is 53.8 Å². The highest BCUT2D eigenvalue weighted by Gasteiger charge is 2.48. The highest BCUT2D eigenvalue weighted by molar-refractivity contribution is 7.89. The van der Waals surface area contributed by atoms with Gasteiger partial charge in [-0.25, -0.2) is 30.6 Å². The van der Waals surface area contributed by atoms with Crippen molar-refractivity contribution in [3.63, 3.8) is 0 Å². The number of aliphatic hydroxyl groups excluding tert-OH is 3. The maximum atomic E-state index is 13.8. The predicted molar refractivity (Wildman–Crippen MR) is 133 cm³/mol. The summed E-state index contributed by atoms with van der Waals surface area (Å²) < 4.78 is 75.1. The summed E-state index contributed by atoms with van der Waals surface area (Å²) in [6.07, 6.45) is -3.12. The predicted octanol–water partition coefficient (Wildman–Crippen LogP) is 0.589. The van der Waals surface area contributed by atoms with Crippen molar-refractivity contribution in [2.75, 3.05) is 20.7 Å². The molecule has 41 heavy (non-hydrogen) atoms. The highest BCUT2D eigenvalue weighted by atomic mass is 32.2. The van der Waals surface area contributed by atoms with Crippen LogP contribution in [0, 0.1) is 17.5 Å². The lowest BCUT2D eigenvalue weighted by Crippen LogP contribution is -2.53. The van der Waals surface area contributed by atoms with E-state index in [0.29, 0.717) is 5.69 Å². The quantitative estimate of drug-likeness (QED) is 0.257. The number of halogens is 3. The van der Waals surface area contributed by atoms with Crippen LogP contribution in [0.4, 0.5) is 13.2 Å². The van der Waals surface area contributed by atoms with Crippen molar-refractivity contribution >= 4 is 10.0 Å². The first kappa shape index (κ1) is 28.8. The SMILES string of the molecule is CN(C)S(=O)(=O)c1ccc(-n2cnnc2[C@@H]2O[C@H](CO)[C@H](O)[C@H](n3cc(-c4cc(F)c(F)c(F)c4)nn3)[C@H]2O)cc1. The van der Waals surface area contributed by atoms with Crippen molar-refractivity contribution in [3.05, 3.63) is 72.2 Å². The number of hydrogen-bond acceptors (Lipinski definition) is 10. The highest BCUT2D eigenvalue weighted by Crippen LogP contribution is 2.38. The van der Waals surface area contributed by atoms with Gasteiger partial charge >= 0.3 is 0 Å². The Morgan fingerprint density at radius 2 is 1.68 bits per heavy atom. The van der Waals surface area contributed by atoms with E-state index >= 15 is 0 Å². The normalized spacial score (nSPS) is 23.3. The molecule has 0 bridgehead atoms. The van der Waals surface area contributed by atoms with Crippen molar-refractivity contribution in [2.24, 2.45) is 0 Å². The monoisotopic (exact) mass is 595 g/mol. The fraction of sp³-hybridized carbons (Fsp3) is 0.333. The largest absolute Gasteiger partial charge is 0.394 e. The summed E-state index contributed by atoms with van der Waals surface area (Å²) in [6.45, 7) is -0.665. The van der Waals surface area contributed by atoms with Crippen LogP contribution >= 0.6 is 0 Å². The second kappa shape index (κ2) is 10.9. The summed E-state index contributed by atoms with van der Waals surface area (Å²) >= 11 is 0. The lowest BCUT2D eigenvalue weighted by Gasteiger charge is -2.41. The van der Waals surface area contributed by atoms with Gasteiger partial charge in [0.15, 0.2) is 23.3 Å². The van der Waals surface area contributed by atoms with Crippen LogP contribution in [0.2, 0.25) is 0 Å². The van der Waals surface area contributed by atoms with Crippen molar-refractivity contribution in [3.8, 4) is 16.9 Å². The average molecular weight is 596 g/mol. The molecule has 1 aliphatic heterocycles. The molecule has 0 saturated carbocycles. The number of aromatic nitrogens is 6. The van der Waals surface area contributed by atoms with Gasteiger partial charge in [-0.1, -0.05) is 5.21 Å². The van der Waals surface area contributed by atoms with Gasteiger partial charge < -0.3 is 20.1 Å². The number of nitrogens with zero attached hydrogens (tertiary/aromatic N) is 7. The molecule has 5 rings (SSSR count). The summed E-state index contributed by atoms with van der Waals surface area (Å²) in [5.74, 6) is -4.47. The van der Waals surface area contributed by atoms with Crippen LogP contribution in [-0.4, -0.2) is 96.8 Å². The molecule has 13 nitrogen and oxygen atoms in total. The average Bonchev–Trinajstić information content (AvgIpc) is 3.62. The van der Waals surface area contributed by atoms with Gasteiger partial charge in [-0.2, -0.15) is 0 Å². The molecular formula is C24H24F3N7O6S. The molecule has 2 aromatic heterocycles. The van der Waals surface area contributed by atoms with E-state index in [9.17, 15) is 36.9 Å².